The van der Waals surface area contributed by atoms with Gasteiger partial charge < -0.3 is 9.72 Å². The van der Waals surface area contributed by atoms with Crippen molar-refractivity contribution in [3.8, 4) is 5.75 Å². The normalized spacial score (nSPS) is 12.4. The molecule has 1 aromatic heterocycles. The monoisotopic (exact) mass is 216 g/mol. The van der Waals surface area contributed by atoms with Gasteiger partial charge in [-0.15, -0.1) is 0 Å². The predicted octanol–water partition coefficient (Wildman–Crippen LogP) is 2.76. The van der Waals surface area contributed by atoms with Gasteiger partial charge in [0.05, 0.1) is 13.4 Å². The maximum atomic E-state index is 5.14. The number of hydrogen-bond donors (Lipinski definition) is 1. The fourth-order valence-electron chi connectivity index (χ4n) is 1.78. The Bertz CT molecular complexity index is 420. The summed E-state index contributed by atoms with van der Waals surface area (Å²) >= 11 is 0. The van der Waals surface area contributed by atoms with Crippen molar-refractivity contribution in [2.24, 2.45) is 0 Å². The third-order valence-corrected chi connectivity index (χ3v) is 2.77. The van der Waals surface area contributed by atoms with Gasteiger partial charge in [-0.2, -0.15) is 0 Å². The van der Waals surface area contributed by atoms with Gasteiger partial charge in [0.1, 0.15) is 5.75 Å². The number of hydrogen-bond acceptors (Lipinski definition) is 2. The molecule has 1 unspecified atom stereocenters. The van der Waals surface area contributed by atoms with Crippen molar-refractivity contribution in [2.75, 3.05) is 7.11 Å². The van der Waals surface area contributed by atoms with Gasteiger partial charge in [0.2, 0.25) is 0 Å². The van der Waals surface area contributed by atoms with E-state index in [-0.39, 0.29) is 0 Å². The second-order valence-corrected chi connectivity index (χ2v) is 3.96. The van der Waals surface area contributed by atoms with Crippen LogP contribution in [0.2, 0.25) is 0 Å². The van der Waals surface area contributed by atoms with Crippen LogP contribution in [0.15, 0.2) is 36.8 Å². The Hall–Kier alpha value is -1.77. The zero-order valence-electron chi connectivity index (χ0n) is 9.60. The number of ether oxygens (including phenoxy) is 1. The average molecular weight is 216 g/mol. The Morgan fingerprint density at radius 1 is 1.31 bits per heavy atom. The van der Waals surface area contributed by atoms with Gasteiger partial charge in [0.25, 0.3) is 0 Å². The number of H-pyrrole nitrogens is 1. The Morgan fingerprint density at radius 2 is 2.06 bits per heavy atom. The van der Waals surface area contributed by atoms with Gasteiger partial charge in [-0.05, 0) is 30.0 Å². The van der Waals surface area contributed by atoms with Crippen LogP contribution in [-0.2, 0) is 6.42 Å². The first kappa shape index (κ1) is 10.7. The SMILES string of the molecule is COc1ccc(C(C)Cc2cnc[nH]2)cc1. The van der Waals surface area contributed by atoms with E-state index in [2.05, 4.69) is 29.0 Å². The summed E-state index contributed by atoms with van der Waals surface area (Å²) in [5, 5.41) is 0. The van der Waals surface area contributed by atoms with Crippen LogP contribution in [0.25, 0.3) is 0 Å². The van der Waals surface area contributed by atoms with Crippen LogP contribution in [0.5, 0.6) is 5.75 Å². The number of aromatic nitrogens is 2. The number of imidazole rings is 1. The second-order valence-electron chi connectivity index (χ2n) is 3.96. The summed E-state index contributed by atoms with van der Waals surface area (Å²) in [5.41, 5.74) is 2.48. The highest BCUT2D eigenvalue weighted by Crippen LogP contribution is 2.21. The maximum Gasteiger partial charge on any atom is 0.118 e. The molecule has 3 nitrogen and oxygen atoms in total. The summed E-state index contributed by atoms with van der Waals surface area (Å²) in [6.45, 7) is 2.21. The molecule has 0 saturated heterocycles. The minimum absolute atomic E-state index is 0.478. The topological polar surface area (TPSA) is 37.9 Å². The lowest BCUT2D eigenvalue weighted by Gasteiger charge is -2.11. The highest BCUT2D eigenvalue weighted by molar-refractivity contribution is 5.29. The molecule has 0 fully saturated rings. The van der Waals surface area contributed by atoms with Crippen LogP contribution in [0.1, 0.15) is 24.1 Å². The molecule has 0 radical (unpaired) electrons. The molecule has 1 N–H and O–H groups in total. The number of methoxy groups -OCH3 is 1. The molecule has 84 valence electrons. The molecule has 2 aromatic rings. The Labute approximate surface area is 95.5 Å². The number of aromatic amines is 1. The van der Waals surface area contributed by atoms with Crippen LogP contribution in [-0.4, -0.2) is 17.1 Å². The van der Waals surface area contributed by atoms with E-state index in [1.165, 1.54) is 11.3 Å². The summed E-state index contributed by atoms with van der Waals surface area (Å²) in [4.78, 5) is 7.15. The zero-order chi connectivity index (χ0) is 11.4. The maximum absolute atomic E-state index is 5.14. The smallest absolute Gasteiger partial charge is 0.118 e. The first-order valence-electron chi connectivity index (χ1n) is 5.41. The van der Waals surface area contributed by atoms with E-state index >= 15 is 0 Å². The zero-order valence-corrected chi connectivity index (χ0v) is 9.60. The first-order valence-corrected chi connectivity index (χ1v) is 5.41. The van der Waals surface area contributed by atoms with Crippen LogP contribution >= 0.6 is 0 Å². The minimum Gasteiger partial charge on any atom is -0.497 e. The molecular weight excluding hydrogens is 200 g/mol. The van der Waals surface area contributed by atoms with Crippen LogP contribution in [0.4, 0.5) is 0 Å². The van der Waals surface area contributed by atoms with Gasteiger partial charge in [-0.25, -0.2) is 4.98 Å². The molecule has 0 aliphatic rings. The molecule has 0 aliphatic heterocycles. The highest BCUT2D eigenvalue weighted by atomic mass is 16.5. The van der Waals surface area contributed by atoms with Crippen LogP contribution in [0.3, 0.4) is 0 Å². The van der Waals surface area contributed by atoms with Crippen molar-refractivity contribution in [2.45, 2.75) is 19.3 Å². The molecular formula is C13H16N2O. The number of nitrogens with one attached hydrogen (secondary N) is 1. The molecule has 0 amide bonds. The van der Waals surface area contributed by atoms with Gasteiger partial charge in [-0.1, -0.05) is 19.1 Å². The molecule has 16 heavy (non-hydrogen) atoms. The van der Waals surface area contributed by atoms with Crippen molar-refractivity contribution < 1.29 is 4.74 Å². The Balaban J connectivity index is 2.05. The van der Waals surface area contributed by atoms with Crippen LogP contribution in [0, 0.1) is 0 Å². The molecule has 0 saturated carbocycles. The van der Waals surface area contributed by atoms with Crippen molar-refractivity contribution in [1.82, 2.24) is 9.97 Å². The fourth-order valence-corrected chi connectivity index (χ4v) is 1.78. The summed E-state index contributed by atoms with van der Waals surface area (Å²) in [5.74, 6) is 1.38. The second kappa shape index (κ2) is 4.84. The lowest BCUT2D eigenvalue weighted by Crippen LogP contribution is -1.98. The largest absolute Gasteiger partial charge is 0.497 e. The van der Waals surface area contributed by atoms with Crippen LogP contribution < -0.4 is 4.74 Å². The van der Waals surface area contributed by atoms with Crippen molar-refractivity contribution >= 4 is 0 Å². The van der Waals surface area contributed by atoms with Crippen molar-refractivity contribution in [1.29, 1.82) is 0 Å². The lowest BCUT2D eigenvalue weighted by atomic mass is 9.96. The molecule has 1 heterocycles. The van der Waals surface area contributed by atoms with E-state index in [0.717, 1.165) is 12.2 Å². The molecule has 1 aromatic carbocycles. The molecule has 0 bridgehead atoms. The third-order valence-electron chi connectivity index (χ3n) is 2.77. The van der Waals surface area contributed by atoms with Gasteiger partial charge in [0, 0.05) is 11.9 Å². The summed E-state index contributed by atoms with van der Waals surface area (Å²) < 4.78 is 5.14. The molecule has 0 spiro atoms. The molecule has 2 rings (SSSR count). The van der Waals surface area contributed by atoms with E-state index in [1.807, 2.05) is 18.3 Å². The molecule has 3 heteroatoms. The fraction of sp³-hybridized carbons (Fsp3) is 0.308. The van der Waals surface area contributed by atoms with E-state index < -0.39 is 0 Å². The number of rotatable bonds is 4. The van der Waals surface area contributed by atoms with E-state index in [4.69, 9.17) is 4.74 Å². The van der Waals surface area contributed by atoms with E-state index in [1.54, 1.807) is 13.4 Å². The number of nitrogens with zero attached hydrogens (tertiary/aromatic N) is 1. The quantitative estimate of drug-likeness (QED) is 0.853. The highest BCUT2D eigenvalue weighted by Gasteiger charge is 2.07. The summed E-state index contributed by atoms with van der Waals surface area (Å²) in [6, 6.07) is 8.22. The van der Waals surface area contributed by atoms with Gasteiger partial charge in [-0.3, -0.25) is 0 Å². The standard InChI is InChI=1S/C13H16N2O/c1-10(7-12-8-14-9-15-12)11-3-5-13(16-2)6-4-11/h3-6,8-10H,7H2,1-2H3,(H,14,15). The summed E-state index contributed by atoms with van der Waals surface area (Å²) in [6.07, 6.45) is 4.57. The van der Waals surface area contributed by atoms with E-state index in [9.17, 15) is 0 Å². The first-order chi connectivity index (χ1) is 7.79. The Kier molecular flexibility index (Phi) is 3.25. The minimum atomic E-state index is 0.478. The molecule has 1 atom stereocenters. The number of benzene rings is 1. The predicted molar refractivity (Wildman–Crippen MR) is 63.7 cm³/mol. The van der Waals surface area contributed by atoms with Crippen molar-refractivity contribution in [3.63, 3.8) is 0 Å². The third kappa shape index (κ3) is 2.42. The molecule has 0 aliphatic carbocycles. The van der Waals surface area contributed by atoms with E-state index in [0.29, 0.717) is 5.92 Å². The van der Waals surface area contributed by atoms with Crippen molar-refractivity contribution in [3.05, 3.63) is 48.0 Å². The average Bonchev–Trinajstić information content (AvgIpc) is 2.82. The van der Waals surface area contributed by atoms with Gasteiger partial charge in [0.15, 0.2) is 0 Å². The summed E-state index contributed by atoms with van der Waals surface area (Å²) in [7, 11) is 1.68. The Morgan fingerprint density at radius 3 is 2.62 bits per heavy atom. The van der Waals surface area contributed by atoms with Gasteiger partial charge >= 0.3 is 0 Å². The lowest BCUT2D eigenvalue weighted by molar-refractivity contribution is 0.414.